The largest absolute Gasteiger partial charge is 0.382 e. The summed E-state index contributed by atoms with van der Waals surface area (Å²) in [5.74, 6) is 0.963. The lowest BCUT2D eigenvalue weighted by Gasteiger charge is -2.34. The van der Waals surface area contributed by atoms with Crippen molar-refractivity contribution in [2.45, 2.75) is 25.8 Å². The molecule has 1 aliphatic rings. The van der Waals surface area contributed by atoms with Gasteiger partial charge in [0.25, 0.3) is 7.52 Å². The number of aromatic nitrogens is 4. The molecular formula is C15H24ClN6O3P. The quantitative estimate of drug-likeness (QED) is 0.386. The molecule has 0 radical (unpaired) electrons. The fourth-order valence-electron chi connectivity index (χ4n) is 2.87. The van der Waals surface area contributed by atoms with E-state index in [1.54, 1.807) is 6.33 Å². The minimum absolute atomic E-state index is 0.0810. The van der Waals surface area contributed by atoms with E-state index in [0.717, 1.165) is 32.4 Å². The molecule has 0 aliphatic carbocycles. The Morgan fingerprint density at radius 2 is 2.19 bits per heavy atom. The molecule has 3 heterocycles. The highest BCUT2D eigenvalue weighted by Crippen LogP contribution is 2.53. The molecule has 11 heteroatoms. The number of nitrogens with two attached hydrogens (primary N) is 1. The lowest BCUT2D eigenvalue weighted by atomic mass is 10.3. The average molecular weight is 403 g/mol. The van der Waals surface area contributed by atoms with Crippen LogP contribution in [0.2, 0.25) is 0 Å². The monoisotopic (exact) mass is 402 g/mol. The number of halogens is 1. The maximum Gasteiger partial charge on any atom is 0.297 e. The summed E-state index contributed by atoms with van der Waals surface area (Å²) in [5, 5.41) is 0. The molecule has 9 nitrogen and oxygen atoms in total. The first kappa shape index (κ1) is 19.5. The van der Waals surface area contributed by atoms with Gasteiger partial charge in [-0.2, -0.15) is 0 Å². The second kappa shape index (κ2) is 9.10. The standard InChI is InChI=1S/C15H24ClN6O3P/c16-4-1-2-5-22-6-3-8-25-26(22,23)12-24-9-7-21-11-20-13-14(17)18-10-19-15(13)21/h10-11H,1-9,12H2,(H2,17,18,19). The van der Waals surface area contributed by atoms with Crippen LogP contribution in [0.4, 0.5) is 5.82 Å². The second-order valence-electron chi connectivity index (χ2n) is 6.08. The molecular weight excluding hydrogens is 379 g/mol. The number of ether oxygens (including phenoxy) is 1. The van der Waals surface area contributed by atoms with E-state index in [9.17, 15) is 4.57 Å². The van der Waals surface area contributed by atoms with Crippen molar-refractivity contribution in [1.82, 2.24) is 24.2 Å². The van der Waals surface area contributed by atoms with Crippen LogP contribution in [0.1, 0.15) is 19.3 Å². The molecule has 1 atom stereocenters. The maximum absolute atomic E-state index is 13.1. The Morgan fingerprint density at radius 1 is 1.31 bits per heavy atom. The third-order valence-electron chi connectivity index (χ3n) is 4.24. The summed E-state index contributed by atoms with van der Waals surface area (Å²) in [4.78, 5) is 12.3. The summed E-state index contributed by atoms with van der Waals surface area (Å²) in [6, 6.07) is 0. The van der Waals surface area contributed by atoms with Crippen LogP contribution in [-0.2, 0) is 20.4 Å². The van der Waals surface area contributed by atoms with E-state index in [-0.39, 0.29) is 6.35 Å². The van der Waals surface area contributed by atoms with E-state index in [2.05, 4.69) is 15.0 Å². The first-order valence-electron chi connectivity index (χ1n) is 8.68. The Labute approximate surface area is 157 Å². The number of rotatable bonds is 9. The SMILES string of the molecule is Nc1ncnc2c1ncn2CCOCP1(=O)OCCCN1CCCCCl. The van der Waals surface area contributed by atoms with Gasteiger partial charge in [-0.25, -0.2) is 19.6 Å². The molecule has 0 bridgehead atoms. The van der Waals surface area contributed by atoms with Crippen LogP contribution in [0.25, 0.3) is 11.2 Å². The predicted octanol–water partition coefficient (Wildman–Crippen LogP) is 2.32. The number of nitrogen functional groups attached to an aromatic ring is 1. The van der Waals surface area contributed by atoms with Crippen LogP contribution in [-0.4, -0.2) is 62.7 Å². The molecule has 0 spiro atoms. The van der Waals surface area contributed by atoms with Gasteiger partial charge in [0.05, 0.1) is 19.5 Å². The topological polar surface area (TPSA) is 108 Å². The van der Waals surface area contributed by atoms with Crippen molar-refractivity contribution in [3.05, 3.63) is 12.7 Å². The molecule has 1 aliphatic heterocycles. The van der Waals surface area contributed by atoms with E-state index in [1.807, 2.05) is 9.24 Å². The van der Waals surface area contributed by atoms with Crippen molar-refractivity contribution >= 4 is 36.1 Å². The molecule has 2 N–H and O–H groups in total. The summed E-state index contributed by atoms with van der Waals surface area (Å²) >= 11 is 5.72. The van der Waals surface area contributed by atoms with Crippen molar-refractivity contribution in [1.29, 1.82) is 0 Å². The van der Waals surface area contributed by atoms with Crippen LogP contribution in [0, 0.1) is 0 Å². The van der Waals surface area contributed by atoms with Crippen molar-refractivity contribution < 1.29 is 13.8 Å². The molecule has 26 heavy (non-hydrogen) atoms. The van der Waals surface area contributed by atoms with Gasteiger partial charge in [0.1, 0.15) is 18.2 Å². The number of imidazole rings is 1. The maximum atomic E-state index is 13.1. The Kier molecular flexibility index (Phi) is 6.83. The molecule has 144 valence electrons. The molecule has 0 amide bonds. The zero-order chi connectivity index (χ0) is 18.4. The summed E-state index contributed by atoms with van der Waals surface area (Å²) in [5.41, 5.74) is 7.01. The third-order valence-corrected chi connectivity index (χ3v) is 6.87. The molecule has 0 saturated carbocycles. The zero-order valence-corrected chi connectivity index (χ0v) is 16.2. The van der Waals surface area contributed by atoms with Gasteiger partial charge in [0, 0.05) is 25.5 Å². The Hall–Kier alpha value is -1.25. The summed E-state index contributed by atoms with van der Waals surface area (Å²) in [7, 11) is -2.93. The summed E-state index contributed by atoms with van der Waals surface area (Å²) < 4.78 is 28.1. The fourth-order valence-corrected chi connectivity index (χ4v) is 5.12. The first-order valence-corrected chi connectivity index (χ1v) is 11.0. The Morgan fingerprint density at radius 3 is 3.04 bits per heavy atom. The smallest absolute Gasteiger partial charge is 0.297 e. The van der Waals surface area contributed by atoms with Crippen molar-refractivity contribution in [3.63, 3.8) is 0 Å². The van der Waals surface area contributed by atoms with Crippen LogP contribution >= 0.6 is 19.1 Å². The molecule has 1 fully saturated rings. The molecule has 0 aromatic carbocycles. The minimum Gasteiger partial charge on any atom is -0.382 e. The second-order valence-corrected chi connectivity index (χ2v) is 8.82. The van der Waals surface area contributed by atoms with Crippen LogP contribution in [0.5, 0.6) is 0 Å². The highest BCUT2D eigenvalue weighted by Gasteiger charge is 2.34. The molecule has 2 aromatic heterocycles. The van der Waals surface area contributed by atoms with Crippen molar-refractivity contribution in [3.8, 4) is 0 Å². The highest BCUT2D eigenvalue weighted by molar-refractivity contribution is 7.56. The molecule has 1 unspecified atom stereocenters. The predicted molar refractivity (Wildman–Crippen MR) is 100 cm³/mol. The Balaban J connectivity index is 1.52. The Bertz CT molecular complexity index is 773. The van der Waals surface area contributed by atoms with E-state index in [1.165, 1.54) is 6.33 Å². The van der Waals surface area contributed by atoms with E-state index in [0.29, 0.717) is 42.6 Å². The zero-order valence-electron chi connectivity index (χ0n) is 14.6. The molecule has 2 aromatic rings. The lowest BCUT2D eigenvalue weighted by molar-refractivity contribution is 0.128. The number of hydrogen-bond donors (Lipinski definition) is 1. The van der Waals surface area contributed by atoms with Crippen LogP contribution in [0.3, 0.4) is 0 Å². The number of alkyl halides is 1. The van der Waals surface area contributed by atoms with E-state index >= 15 is 0 Å². The van der Waals surface area contributed by atoms with E-state index in [4.69, 9.17) is 26.6 Å². The van der Waals surface area contributed by atoms with Crippen molar-refractivity contribution in [2.75, 3.05) is 44.3 Å². The number of anilines is 1. The van der Waals surface area contributed by atoms with Crippen LogP contribution in [0.15, 0.2) is 12.7 Å². The number of hydrogen-bond acceptors (Lipinski definition) is 7. The van der Waals surface area contributed by atoms with Gasteiger partial charge in [-0.05, 0) is 19.3 Å². The fraction of sp³-hybridized carbons (Fsp3) is 0.667. The highest BCUT2D eigenvalue weighted by atomic mass is 35.5. The molecule has 1 saturated heterocycles. The van der Waals surface area contributed by atoms with E-state index < -0.39 is 7.52 Å². The minimum atomic E-state index is -2.93. The summed E-state index contributed by atoms with van der Waals surface area (Å²) in [6.45, 7) is 2.90. The summed E-state index contributed by atoms with van der Waals surface area (Å²) in [6.07, 6.45) is 5.82. The van der Waals surface area contributed by atoms with Gasteiger partial charge in [-0.3, -0.25) is 4.57 Å². The van der Waals surface area contributed by atoms with Gasteiger partial charge in [0.15, 0.2) is 11.5 Å². The van der Waals surface area contributed by atoms with Gasteiger partial charge >= 0.3 is 0 Å². The van der Waals surface area contributed by atoms with Crippen LogP contribution < -0.4 is 5.73 Å². The van der Waals surface area contributed by atoms with Gasteiger partial charge in [-0.1, -0.05) is 0 Å². The van der Waals surface area contributed by atoms with Gasteiger partial charge < -0.3 is 19.6 Å². The van der Waals surface area contributed by atoms with Crippen molar-refractivity contribution in [2.24, 2.45) is 0 Å². The number of nitrogens with zero attached hydrogens (tertiary/aromatic N) is 5. The number of unbranched alkanes of at least 4 members (excludes halogenated alkanes) is 1. The normalized spacial score (nSPS) is 21.4. The lowest BCUT2D eigenvalue weighted by Crippen LogP contribution is -2.31. The molecule has 3 rings (SSSR count). The van der Waals surface area contributed by atoms with Gasteiger partial charge in [0.2, 0.25) is 0 Å². The average Bonchev–Trinajstić information content (AvgIpc) is 3.05. The number of fused-ring (bicyclic) bond motifs is 1. The first-order chi connectivity index (χ1) is 12.6. The third kappa shape index (κ3) is 4.53. The van der Waals surface area contributed by atoms with Gasteiger partial charge in [-0.15, -0.1) is 11.6 Å².